The summed E-state index contributed by atoms with van der Waals surface area (Å²) in [6.45, 7) is 0.726. The summed E-state index contributed by atoms with van der Waals surface area (Å²) >= 11 is 0. The number of ether oxygens (including phenoxy) is 1. The lowest BCUT2D eigenvalue weighted by Gasteiger charge is -2.15. The van der Waals surface area contributed by atoms with Crippen molar-refractivity contribution in [2.24, 2.45) is 0 Å². The highest BCUT2D eigenvalue weighted by atomic mass is 16.5. The Labute approximate surface area is 146 Å². The molecule has 0 radical (unpaired) electrons. The molecule has 5 heteroatoms. The minimum Gasteiger partial charge on any atom is -0.425 e. The highest BCUT2D eigenvalue weighted by molar-refractivity contribution is 5.28. The Morgan fingerprint density at radius 2 is 1.64 bits per heavy atom. The third-order valence-electron chi connectivity index (χ3n) is 5.21. The van der Waals surface area contributed by atoms with Crippen molar-refractivity contribution in [3.63, 3.8) is 0 Å². The first kappa shape index (κ1) is 14.8. The Bertz CT molecular complexity index is 850. The summed E-state index contributed by atoms with van der Waals surface area (Å²) in [5.41, 5.74) is 2.42. The van der Waals surface area contributed by atoms with E-state index in [0.29, 0.717) is 17.7 Å². The number of hydrogen-bond donors (Lipinski definition) is 0. The van der Waals surface area contributed by atoms with E-state index in [0.717, 1.165) is 25.3 Å². The molecule has 2 fully saturated rings. The van der Waals surface area contributed by atoms with Crippen LogP contribution in [0.5, 0.6) is 0 Å². The Balaban J connectivity index is 1.35. The average Bonchev–Trinajstić information content (AvgIpc) is 3.08. The van der Waals surface area contributed by atoms with E-state index in [1.807, 2.05) is 30.5 Å². The van der Waals surface area contributed by atoms with E-state index in [-0.39, 0.29) is 12.0 Å². The fourth-order valence-corrected chi connectivity index (χ4v) is 3.79. The van der Waals surface area contributed by atoms with E-state index in [4.69, 9.17) is 9.15 Å². The van der Waals surface area contributed by atoms with Crippen molar-refractivity contribution >= 4 is 0 Å². The van der Waals surface area contributed by atoms with Gasteiger partial charge in [0.05, 0.1) is 12.0 Å². The lowest BCUT2D eigenvalue weighted by atomic mass is 9.95. The largest absolute Gasteiger partial charge is 0.425 e. The van der Waals surface area contributed by atoms with Gasteiger partial charge < -0.3 is 9.15 Å². The van der Waals surface area contributed by atoms with Gasteiger partial charge in [0.15, 0.2) is 0 Å². The number of benzene rings is 1. The number of rotatable bonds is 4. The minimum absolute atomic E-state index is 0.00261. The molecule has 25 heavy (non-hydrogen) atoms. The summed E-state index contributed by atoms with van der Waals surface area (Å²) in [5, 5.41) is 8.69. The molecule has 0 unspecified atom stereocenters. The second kappa shape index (κ2) is 6.08. The highest BCUT2D eigenvalue weighted by Crippen LogP contribution is 2.54. The normalized spacial score (nSPS) is 28.2. The molecule has 0 N–H and O–H groups in total. The van der Waals surface area contributed by atoms with Gasteiger partial charge in [-0.3, -0.25) is 4.98 Å². The summed E-state index contributed by atoms with van der Waals surface area (Å²) in [5.74, 6) is 2.37. The molecule has 3 heterocycles. The second-order valence-corrected chi connectivity index (χ2v) is 6.81. The van der Waals surface area contributed by atoms with Crippen LogP contribution in [0.1, 0.15) is 59.6 Å². The van der Waals surface area contributed by atoms with Crippen LogP contribution < -0.4 is 0 Å². The van der Waals surface area contributed by atoms with Crippen LogP contribution in [-0.4, -0.2) is 21.8 Å². The topological polar surface area (TPSA) is 61.0 Å². The van der Waals surface area contributed by atoms with Gasteiger partial charge in [0.1, 0.15) is 0 Å². The van der Waals surface area contributed by atoms with Crippen LogP contribution in [0, 0.1) is 0 Å². The molecule has 0 bridgehead atoms. The van der Waals surface area contributed by atoms with Crippen molar-refractivity contribution in [1.82, 2.24) is 15.2 Å². The van der Waals surface area contributed by atoms with Crippen molar-refractivity contribution in [3.8, 4) is 0 Å². The summed E-state index contributed by atoms with van der Waals surface area (Å²) in [6, 6.07) is 14.4. The van der Waals surface area contributed by atoms with Crippen LogP contribution in [0.4, 0.5) is 0 Å². The molecule has 4 atom stereocenters. The first-order chi connectivity index (χ1) is 12.4. The van der Waals surface area contributed by atoms with Gasteiger partial charge in [-0.2, -0.15) is 0 Å². The lowest BCUT2D eigenvalue weighted by Crippen LogP contribution is -2.06. The van der Waals surface area contributed by atoms with Crippen LogP contribution in [0.2, 0.25) is 0 Å². The maximum absolute atomic E-state index is 6.07. The van der Waals surface area contributed by atoms with E-state index in [9.17, 15) is 0 Å². The standard InChI is InChI=1S/C20H19N3O2/c1-2-5-13(6-3-1)18-15(8-10-24-18)19-22-23-20(25-19)17-11-16(17)14-7-4-9-21-12-14/h1-7,9,12,15-18H,8,10-11H2/t15-,16-,17+,18+/m0/s1. The van der Waals surface area contributed by atoms with Crippen molar-refractivity contribution < 1.29 is 9.15 Å². The van der Waals surface area contributed by atoms with Gasteiger partial charge in [0, 0.05) is 24.9 Å². The molecule has 0 spiro atoms. The molecule has 126 valence electrons. The number of aromatic nitrogens is 3. The number of pyridine rings is 1. The molecule has 1 aliphatic carbocycles. The predicted octanol–water partition coefficient (Wildman–Crippen LogP) is 3.98. The first-order valence-electron chi connectivity index (χ1n) is 8.80. The van der Waals surface area contributed by atoms with E-state index < -0.39 is 0 Å². The SMILES string of the molecule is c1ccc([C@H]2OCC[C@@H]2c2nnc([C@@H]3C[C@H]3c3cccnc3)o2)cc1. The van der Waals surface area contributed by atoms with E-state index in [1.54, 1.807) is 6.20 Å². The average molecular weight is 333 g/mol. The van der Waals surface area contributed by atoms with Crippen LogP contribution in [0.15, 0.2) is 59.3 Å². The Morgan fingerprint density at radius 3 is 2.44 bits per heavy atom. The van der Waals surface area contributed by atoms with Gasteiger partial charge in [-0.25, -0.2) is 0 Å². The predicted molar refractivity (Wildman–Crippen MR) is 91.1 cm³/mol. The van der Waals surface area contributed by atoms with Gasteiger partial charge in [-0.15, -0.1) is 10.2 Å². The zero-order valence-electron chi connectivity index (χ0n) is 13.8. The fourth-order valence-electron chi connectivity index (χ4n) is 3.79. The van der Waals surface area contributed by atoms with Gasteiger partial charge in [0.2, 0.25) is 11.8 Å². The Morgan fingerprint density at radius 1 is 0.840 bits per heavy atom. The molecule has 5 rings (SSSR count). The molecule has 0 amide bonds. The van der Waals surface area contributed by atoms with Crippen LogP contribution in [-0.2, 0) is 4.74 Å². The van der Waals surface area contributed by atoms with Crippen molar-refractivity contribution in [2.75, 3.05) is 6.61 Å². The lowest BCUT2D eigenvalue weighted by molar-refractivity contribution is 0.0997. The first-order valence-corrected chi connectivity index (χ1v) is 8.80. The van der Waals surface area contributed by atoms with E-state index in [1.165, 1.54) is 11.1 Å². The highest BCUT2D eigenvalue weighted by Gasteiger charge is 2.44. The third kappa shape index (κ3) is 2.74. The smallest absolute Gasteiger partial charge is 0.222 e. The van der Waals surface area contributed by atoms with E-state index in [2.05, 4.69) is 33.4 Å². The maximum atomic E-state index is 6.07. The monoisotopic (exact) mass is 333 g/mol. The molecular formula is C20H19N3O2. The van der Waals surface area contributed by atoms with E-state index >= 15 is 0 Å². The second-order valence-electron chi connectivity index (χ2n) is 6.81. The van der Waals surface area contributed by atoms with Gasteiger partial charge in [-0.05, 0) is 36.0 Å². The van der Waals surface area contributed by atoms with Crippen LogP contribution in [0.25, 0.3) is 0 Å². The summed E-state index contributed by atoms with van der Waals surface area (Å²) in [6.07, 6.45) is 5.70. The molecule has 2 aliphatic rings. The van der Waals surface area contributed by atoms with Crippen molar-refractivity contribution in [3.05, 3.63) is 77.8 Å². The minimum atomic E-state index is 0.00261. The summed E-state index contributed by atoms with van der Waals surface area (Å²) < 4.78 is 12.0. The fraction of sp³-hybridized carbons (Fsp3) is 0.350. The molecule has 1 aromatic carbocycles. The third-order valence-corrected chi connectivity index (χ3v) is 5.21. The summed E-state index contributed by atoms with van der Waals surface area (Å²) in [7, 11) is 0. The Kier molecular flexibility index (Phi) is 3.59. The van der Waals surface area contributed by atoms with Crippen molar-refractivity contribution in [2.45, 2.75) is 36.7 Å². The zero-order valence-corrected chi connectivity index (χ0v) is 13.8. The van der Waals surface area contributed by atoms with Gasteiger partial charge in [-0.1, -0.05) is 36.4 Å². The molecule has 1 saturated heterocycles. The Hall–Kier alpha value is -2.53. The van der Waals surface area contributed by atoms with Crippen LogP contribution in [0.3, 0.4) is 0 Å². The number of hydrogen-bond acceptors (Lipinski definition) is 5. The van der Waals surface area contributed by atoms with Gasteiger partial charge >= 0.3 is 0 Å². The van der Waals surface area contributed by atoms with Gasteiger partial charge in [0.25, 0.3) is 0 Å². The number of nitrogens with zero attached hydrogens (tertiary/aromatic N) is 3. The molecule has 3 aromatic rings. The van der Waals surface area contributed by atoms with Crippen molar-refractivity contribution in [1.29, 1.82) is 0 Å². The maximum Gasteiger partial charge on any atom is 0.222 e. The molecular weight excluding hydrogens is 314 g/mol. The molecule has 2 aromatic heterocycles. The molecule has 1 saturated carbocycles. The molecule has 1 aliphatic heterocycles. The van der Waals surface area contributed by atoms with Crippen LogP contribution >= 0.6 is 0 Å². The summed E-state index contributed by atoms with van der Waals surface area (Å²) in [4.78, 5) is 4.20. The zero-order chi connectivity index (χ0) is 16.6. The quantitative estimate of drug-likeness (QED) is 0.723. The molecule has 5 nitrogen and oxygen atoms in total.